The molecule has 0 spiro atoms. The molecule has 1 rings (SSSR count). The highest BCUT2D eigenvalue weighted by Gasteiger charge is 2.22. The summed E-state index contributed by atoms with van der Waals surface area (Å²) in [4.78, 5) is 0.398. The summed E-state index contributed by atoms with van der Waals surface area (Å²) in [5, 5.41) is 0. The summed E-state index contributed by atoms with van der Waals surface area (Å²) >= 11 is 3.50. The Labute approximate surface area is 113 Å². The molecule has 0 radical (unpaired) electrons. The first-order chi connectivity index (χ1) is 8.06. The maximum atomic E-state index is 12.0. The Balaban J connectivity index is 2.38. The van der Waals surface area contributed by atoms with Gasteiger partial charge in [0.05, 0.1) is 0 Å². The highest BCUT2D eigenvalue weighted by molar-refractivity contribution is 9.09. The van der Waals surface area contributed by atoms with Gasteiger partial charge in [-0.15, -0.1) is 0 Å². The van der Waals surface area contributed by atoms with Gasteiger partial charge in [0.2, 0.25) is 0 Å². The van der Waals surface area contributed by atoms with Crippen LogP contribution in [0.15, 0.2) is 0 Å². The van der Waals surface area contributed by atoms with Gasteiger partial charge in [-0.05, 0) is 25.7 Å². The van der Waals surface area contributed by atoms with Crippen LogP contribution in [0.4, 0.5) is 0 Å². The average molecular weight is 327 g/mol. The fraction of sp³-hybridized carbons (Fsp3) is 1.00. The van der Waals surface area contributed by atoms with E-state index in [0.717, 1.165) is 38.5 Å². The van der Waals surface area contributed by atoms with Gasteiger partial charge in [-0.3, -0.25) is 0 Å². The third-order valence-electron chi connectivity index (χ3n) is 3.09. The number of rotatable bonds is 6. The fourth-order valence-electron chi connectivity index (χ4n) is 1.92. The molecule has 0 aromatic heterocycles. The van der Waals surface area contributed by atoms with Crippen LogP contribution in [0.25, 0.3) is 0 Å². The summed E-state index contributed by atoms with van der Waals surface area (Å²) in [5.74, 6) is 0. The molecule has 1 atom stereocenters. The molecule has 0 aliphatic carbocycles. The normalized spacial score (nSPS) is 21.1. The zero-order valence-electron chi connectivity index (χ0n) is 10.5. The number of alkyl halides is 1. The van der Waals surface area contributed by atoms with Gasteiger partial charge in [-0.1, -0.05) is 35.7 Å². The zero-order valence-corrected chi connectivity index (χ0v) is 12.9. The summed E-state index contributed by atoms with van der Waals surface area (Å²) < 4.78 is 28.3. The second kappa shape index (κ2) is 7.71. The van der Waals surface area contributed by atoms with Crippen molar-refractivity contribution in [3.63, 3.8) is 0 Å². The van der Waals surface area contributed by atoms with Crippen LogP contribution in [0.1, 0.15) is 45.4 Å². The molecule has 1 heterocycles. The summed E-state index contributed by atoms with van der Waals surface area (Å²) in [5.41, 5.74) is 0. The first kappa shape index (κ1) is 15.4. The van der Waals surface area contributed by atoms with Crippen molar-refractivity contribution in [3.8, 4) is 0 Å². The number of hydrogen-bond donors (Lipinski definition) is 1. The summed E-state index contributed by atoms with van der Waals surface area (Å²) in [6, 6.07) is 0. The smallest absolute Gasteiger partial charge is 0.202 e. The van der Waals surface area contributed by atoms with Gasteiger partial charge in [0.15, 0.2) is 0 Å². The molecule has 1 aliphatic heterocycles. The Morgan fingerprint density at radius 2 is 1.82 bits per heavy atom. The van der Waals surface area contributed by atoms with Crippen LogP contribution in [-0.4, -0.2) is 37.2 Å². The highest BCUT2D eigenvalue weighted by Crippen LogP contribution is 2.13. The lowest BCUT2D eigenvalue weighted by molar-refractivity contribution is 0.414. The van der Waals surface area contributed by atoms with E-state index >= 15 is 0 Å². The molecule has 6 heteroatoms. The van der Waals surface area contributed by atoms with E-state index in [1.54, 1.807) is 4.31 Å². The molecular weight excluding hydrogens is 304 g/mol. The maximum absolute atomic E-state index is 12.0. The second-order valence-corrected chi connectivity index (χ2v) is 7.56. The topological polar surface area (TPSA) is 49.4 Å². The van der Waals surface area contributed by atoms with Gasteiger partial charge in [0.1, 0.15) is 0 Å². The standard InChI is InChI=1S/C11H23BrN2O2S/c1-2-11(12)7-8-13-17(15,16)14-9-5-3-4-6-10-14/h11,13H,2-10H2,1H3. The quantitative estimate of drug-likeness (QED) is 0.761. The van der Waals surface area contributed by atoms with E-state index in [9.17, 15) is 8.42 Å². The third-order valence-corrected chi connectivity index (χ3v) is 5.81. The third kappa shape index (κ3) is 5.68. The molecule has 17 heavy (non-hydrogen) atoms. The Bertz CT molecular complexity index is 301. The van der Waals surface area contributed by atoms with Crippen molar-refractivity contribution in [3.05, 3.63) is 0 Å². The van der Waals surface area contributed by atoms with E-state index in [0.29, 0.717) is 24.5 Å². The zero-order chi connectivity index (χ0) is 12.7. The Morgan fingerprint density at radius 1 is 1.24 bits per heavy atom. The SMILES string of the molecule is CCC(Br)CCNS(=O)(=O)N1CCCCCC1. The second-order valence-electron chi connectivity index (χ2n) is 4.51. The van der Waals surface area contributed by atoms with Gasteiger partial charge < -0.3 is 0 Å². The van der Waals surface area contributed by atoms with E-state index in [1.807, 2.05) is 0 Å². The number of nitrogens with zero attached hydrogens (tertiary/aromatic N) is 1. The van der Waals surface area contributed by atoms with Crippen LogP contribution in [0, 0.1) is 0 Å². The van der Waals surface area contributed by atoms with E-state index in [2.05, 4.69) is 27.6 Å². The van der Waals surface area contributed by atoms with Crippen LogP contribution < -0.4 is 4.72 Å². The van der Waals surface area contributed by atoms with E-state index in [4.69, 9.17) is 0 Å². The Kier molecular flexibility index (Phi) is 6.99. The Morgan fingerprint density at radius 3 is 2.35 bits per heavy atom. The van der Waals surface area contributed by atoms with Gasteiger partial charge >= 0.3 is 0 Å². The molecule has 1 fully saturated rings. The molecule has 102 valence electrons. The van der Waals surface area contributed by atoms with Crippen molar-refractivity contribution >= 4 is 26.1 Å². The van der Waals surface area contributed by atoms with Crippen LogP contribution in [0.3, 0.4) is 0 Å². The minimum absolute atomic E-state index is 0.398. The van der Waals surface area contributed by atoms with Crippen LogP contribution in [0.2, 0.25) is 0 Å². The van der Waals surface area contributed by atoms with Crippen LogP contribution in [-0.2, 0) is 10.2 Å². The predicted molar refractivity (Wildman–Crippen MR) is 74.6 cm³/mol. The van der Waals surface area contributed by atoms with Crippen LogP contribution in [0.5, 0.6) is 0 Å². The molecule has 1 aliphatic rings. The highest BCUT2D eigenvalue weighted by atomic mass is 79.9. The fourth-order valence-corrected chi connectivity index (χ4v) is 3.45. The summed E-state index contributed by atoms with van der Waals surface area (Å²) in [6.07, 6.45) is 6.11. The monoisotopic (exact) mass is 326 g/mol. The number of hydrogen-bond acceptors (Lipinski definition) is 2. The molecule has 0 amide bonds. The van der Waals surface area contributed by atoms with E-state index < -0.39 is 10.2 Å². The first-order valence-electron chi connectivity index (χ1n) is 6.45. The molecule has 0 aromatic carbocycles. The molecule has 1 N–H and O–H groups in total. The predicted octanol–water partition coefficient (Wildman–Crippen LogP) is 2.26. The molecule has 0 saturated carbocycles. The van der Waals surface area contributed by atoms with Crippen LogP contribution >= 0.6 is 15.9 Å². The summed E-state index contributed by atoms with van der Waals surface area (Å²) in [6.45, 7) is 3.94. The van der Waals surface area contributed by atoms with Gasteiger partial charge in [0, 0.05) is 24.5 Å². The lowest BCUT2D eigenvalue weighted by Gasteiger charge is -2.20. The molecular formula is C11H23BrN2O2S. The Hall–Kier alpha value is 0.350. The average Bonchev–Trinajstić information content (AvgIpc) is 2.57. The minimum atomic E-state index is -3.25. The molecule has 0 bridgehead atoms. The first-order valence-corrected chi connectivity index (χ1v) is 8.80. The number of halogens is 1. The lowest BCUT2D eigenvalue weighted by Crippen LogP contribution is -2.41. The minimum Gasteiger partial charge on any atom is -0.202 e. The molecule has 1 unspecified atom stereocenters. The van der Waals surface area contributed by atoms with Gasteiger partial charge in [-0.25, -0.2) is 4.72 Å². The van der Waals surface area contributed by atoms with E-state index in [-0.39, 0.29) is 0 Å². The maximum Gasteiger partial charge on any atom is 0.279 e. The largest absolute Gasteiger partial charge is 0.279 e. The van der Waals surface area contributed by atoms with Crippen molar-refractivity contribution in [1.82, 2.24) is 9.03 Å². The lowest BCUT2D eigenvalue weighted by atomic mass is 10.2. The van der Waals surface area contributed by atoms with Crippen molar-refractivity contribution < 1.29 is 8.42 Å². The molecule has 4 nitrogen and oxygen atoms in total. The number of nitrogens with one attached hydrogen (secondary N) is 1. The van der Waals surface area contributed by atoms with Gasteiger partial charge in [0.25, 0.3) is 10.2 Å². The van der Waals surface area contributed by atoms with Crippen molar-refractivity contribution in [2.45, 2.75) is 50.3 Å². The molecule has 0 aromatic rings. The van der Waals surface area contributed by atoms with Crippen molar-refractivity contribution in [1.29, 1.82) is 0 Å². The van der Waals surface area contributed by atoms with E-state index in [1.165, 1.54) is 0 Å². The summed E-state index contributed by atoms with van der Waals surface area (Å²) in [7, 11) is -3.25. The van der Waals surface area contributed by atoms with Gasteiger partial charge in [-0.2, -0.15) is 12.7 Å². The van der Waals surface area contributed by atoms with Crippen molar-refractivity contribution in [2.75, 3.05) is 19.6 Å². The van der Waals surface area contributed by atoms with Crippen molar-refractivity contribution in [2.24, 2.45) is 0 Å². The molecule has 1 saturated heterocycles.